The Bertz CT molecular complexity index is 599. The van der Waals surface area contributed by atoms with Crippen LogP contribution in [0.1, 0.15) is 5.69 Å². The monoisotopic (exact) mass is 472 g/mol. The molecular weight excluding hydrogens is 447 g/mol. The van der Waals surface area contributed by atoms with E-state index < -0.39 is 10.0 Å². The molecule has 0 spiro atoms. The van der Waals surface area contributed by atoms with Crippen molar-refractivity contribution in [3.8, 4) is 0 Å². The van der Waals surface area contributed by atoms with E-state index in [1.807, 2.05) is 6.07 Å². The summed E-state index contributed by atoms with van der Waals surface area (Å²) in [6.07, 6.45) is 2.73. The fraction of sp³-hybridized carbons (Fsp3) is 0.692. The number of aliphatic imine (C=N–C) groups is 1. The van der Waals surface area contributed by atoms with Crippen LogP contribution in [0.5, 0.6) is 0 Å². The molecule has 0 atom stereocenters. The van der Waals surface area contributed by atoms with Crippen LogP contribution in [0.3, 0.4) is 0 Å². The van der Waals surface area contributed by atoms with Gasteiger partial charge in [-0.1, -0.05) is 5.16 Å². The molecule has 24 heavy (non-hydrogen) atoms. The summed E-state index contributed by atoms with van der Waals surface area (Å²) >= 11 is 0. The average molecular weight is 472 g/mol. The molecule has 1 saturated heterocycles. The molecule has 138 valence electrons. The van der Waals surface area contributed by atoms with E-state index in [1.165, 1.54) is 0 Å². The molecule has 1 fully saturated rings. The number of nitrogens with zero attached hydrogens (tertiary/aromatic N) is 4. The Morgan fingerprint density at radius 2 is 2.04 bits per heavy atom. The molecule has 0 aliphatic carbocycles. The highest BCUT2D eigenvalue weighted by atomic mass is 127. The van der Waals surface area contributed by atoms with Gasteiger partial charge < -0.3 is 14.7 Å². The normalized spacial score (nSPS) is 16.8. The summed E-state index contributed by atoms with van der Waals surface area (Å²) in [5, 5.41) is 7.10. The van der Waals surface area contributed by atoms with Gasteiger partial charge >= 0.3 is 0 Å². The third-order valence-corrected chi connectivity index (χ3v) is 4.26. The van der Waals surface area contributed by atoms with Crippen LogP contribution in [0.25, 0.3) is 0 Å². The van der Waals surface area contributed by atoms with Gasteiger partial charge in [-0.25, -0.2) is 13.1 Å². The van der Waals surface area contributed by atoms with Gasteiger partial charge in [-0.3, -0.25) is 9.89 Å². The molecule has 0 aromatic carbocycles. The standard InChI is InChI=1S/C13H24N6O3S.HI/c1-14-13(15-4-5-16-23(2,20)21)19-8-6-18(7-9-19)11-12-3-10-22-17-12;/h3,10,16H,4-9,11H2,1-2H3,(H,14,15);1H. The lowest BCUT2D eigenvalue weighted by atomic mass is 10.3. The van der Waals surface area contributed by atoms with Crippen molar-refractivity contribution < 1.29 is 12.9 Å². The lowest BCUT2D eigenvalue weighted by Gasteiger charge is -2.36. The molecular formula is C13H25IN6O3S. The molecule has 1 aromatic heterocycles. The fourth-order valence-electron chi connectivity index (χ4n) is 2.41. The third-order valence-electron chi connectivity index (χ3n) is 3.53. The molecule has 1 aliphatic rings. The second kappa shape index (κ2) is 10.2. The molecule has 1 aromatic rings. The lowest BCUT2D eigenvalue weighted by Crippen LogP contribution is -2.52. The van der Waals surface area contributed by atoms with Gasteiger partial charge in [-0.15, -0.1) is 24.0 Å². The highest BCUT2D eigenvalue weighted by Gasteiger charge is 2.20. The summed E-state index contributed by atoms with van der Waals surface area (Å²) < 4.78 is 29.3. The first-order chi connectivity index (χ1) is 11.0. The SMILES string of the molecule is CN=C(NCCNS(C)(=O)=O)N1CCN(Cc2ccon2)CC1.I. The molecule has 2 heterocycles. The van der Waals surface area contributed by atoms with Crippen molar-refractivity contribution in [2.75, 3.05) is 52.6 Å². The van der Waals surface area contributed by atoms with Crippen molar-refractivity contribution >= 4 is 40.0 Å². The van der Waals surface area contributed by atoms with Gasteiger partial charge in [-0.2, -0.15) is 0 Å². The predicted molar refractivity (Wildman–Crippen MR) is 103 cm³/mol. The maximum atomic E-state index is 11.0. The summed E-state index contributed by atoms with van der Waals surface area (Å²) in [7, 11) is -1.42. The van der Waals surface area contributed by atoms with Crippen LogP contribution in [0.15, 0.2) is 21.8 Å². The number of guanidine groups is 1. The predicted octanol–water partition coefficient (Wildman–Crippen LogP) is -0.465. The van der Waals surface area contributed by atoms with Gasteiger partial charge in [0, 0.05) is 58.9 Å². The van der Waals surface area contributed by atoms with E-state index in [0.717, 1.165) is 50.6 Å². The Hall–Kier alpha value is -0.920. The number of nitrogens with one attached hydrogen (secondary N) is 2. The van der Waals surface area contributed by atoms with Gasteiger partial charge in [0.25, 0.3) is 0 Å². The second-order valence-corrected chi connectivity index (χ2v) is 7.23. The van der Waals surface area contributed by atoms with Crippen LogP contribution in [-0.4, -0.2) is 81.9 Å². The molecule has 0 amide bonds. The van der Waals surface area contributed by atoms with Crippen molar-refractivity contribution in [2.45, 2.75) is 6.54 Å². The summed E-state index contributed by atoms with van der Waals surface area (Å²) in [6, 6.07) is 1.88. The maximum absolute atomic E-state index is 11.0. The van der Waals surface area contributed by atoms with Crippen LogP contribution < -0.4 is 10.0 Å². The molecule has 9 nitrogen and oxygen atoms in total. The Morgan fingerprint density at radius 1 is 1.33 bits per heavy atom. The summed E-state index contributed by atoms with van der Waals surface area (Å²) in [6.45, 7) is 5.16. The topological polar surface area (TPSA) is 103 Å². The molecule has 0 bridgehead atoms. The number of piperazine rings is 1. The molecule has 1 aliphatic heterocycles. The van der Waals surface area contributed by atoms with Crippen molar-refractivity contribution in [3.05, 3.63) is 18.0 Å². The quantitative estimate of drug-likeness (QED) is 0.250. The number of hydrogen-bond donors (Lipinski definition) is 2. The van der Waals surface area contributed by atoms with Crippen LogP contribution in [0, 0.1) is 0 Å². The van der Waals surface area contributed by atoms with Crippen molar-refractivity contribution in [2.24, 2.45) is 4.99 Å². The molecule has 0 unspecified atom stereocenters. The van der Waals surface area contributed by atoms with Gasteiger partial charge in [0.1, 0.15) is 6.26 Å². The first kappa shape index (κ1) is 21.1. The minimum atomic E-state index is -3.15. The first-order valence-electron chi connectivity index (χ1n) is 7.50. The Balaban J connectivity index is 0.00000288. The van der Waals surface area contributed by atoms with E-state index in [0.29, 0.717) is 13.1 Å². The van der Waals surface area contributed by atoms with Crippen molar-refractivity contribution in [1.82, 2.24) is 25.0 Å². The molecule has 2 rings (SSSR count). The minimum absolute atomic E-state index is 0. The van der Waals surface area contributed by atoms with Crippen LogP contribution in [-0.2, 0) is 16.6 Å². The van der Waals surface area contributed by atoms with Crippen LogP contribution >= 0.6 is 24.0 Å². The lowest BCUT2D eigenvalue weighted by molar-refractivity contribution is 0.169. The summed E-state index contributed by atoms with van der Waals surface area (Å²) in [4.78, 5) is 8.73. The van der Waals surface area contributed by atoms with Gasteiger partial charge in [-0.05, 0) is 0 Å². The van der Waals surface area contributed by atoms with Crippen molar-refractivity contribution in [3.63, 3.8) is 0 Å². The van der Waals surface area contributed by atoms with Gasteiger partial charge in [0.05, 0.1) is 11.9 Å². The van der Waals surface area contributed by atoms with E-state index in [2.05, 4.69) is 30.0 Å². The van der Waals surface area contributed by atoms with E-state index >= 15 is 0 Å². The zero-order chi connectivity index (χ0) is 16.7. The van der Waals surface area contributed by atoms with Gasteiger partial charge in [0.2, 0.25) is 10.0 Å². The van der Waals surface area contributed by atoms with Crippen molar-refractivity contribution in [1.29, 1.82) is 0 Å². The third kappa shape index (κ3) is 7.32. The van der Waals surface area contributed by atoms with E-state index in [4.69, 9.17) is 4.52 Å². The molecule has 0 saturated carbocycles. The summed E-state index contributed by atoms with van der Waals surface area (Å²) in [5.41, 5.74) is 0.938. The van der Waals surface area contributed by atoms with Crippen LogP contribution in [0.4, 0.5) is 0 Å². The number of sulfonamides is 1. The smallest absolute Gasteiger partial charge is 0.208 e. The molecule has 11 heteroatoms. The average Bonchev–Trinajstić information content (AvgIpc) is 3.00. The Morgan fingerprint density at radius 3 is 2.58 bits per heavy atom. The second-order valence-electron chi connectivity index (χ2n) is 5.39. The highest BCUT2D eigenvalue weighted by Crippen LogP contribution is 2.07. The maximum Gasteiger partial charge on any atom is 0.208 e. The van der Waals surface area contributed by atoms with Crippen LogP contribution in [0.2, 0.25) is 0 Å². The Labute approximate surface area is 159 Å². The van der Waals surface area contributed by atoms with E-state index in [-0.39, 0.29) is 24.0 Å². The molecule has 0 radical (unpaired) electrons. The minimum Gasteiger partial charge on any atom is -0.364 e. The van der Waals surface area contributed by atoms with E-state index in [1.54, 1.807) is 13.3 Å². The number of hydrogen-bond acceptors (Lipinski definition) is 6. The number of rotatable bonds is 6. The number of halogens is 1. The first-order valence-corrected chi connectivity index (χ1v) is 9.39. The summed E-state index contributed by atoms with van der Waals surface area (Å²) in [5.74, 6) is 0.793. The highest BCUT2D eigenvalue weighted by molar-refractivity contribution is 14.0. The molecule has 2 N–H and O–H groups in total. The Kier molecular flexibility index (Phi) is 8.94. The van der Waals surface area contributed by atoms with Gasteiger partial charge in [0.15, 0.2) is 5.96 Å². The fourth-order valence-corrected chi connectivity index (χ4v) is 2.88. The zero-order valence-electron chi connectivity index (χ0n) is 13.9. The zero-order valence-corrected chi connectivity index (χ0v) is 17.1. The largest absolute Gasteiger partial charge is 0.364 e. The number of aromatic nitrogens is 1. The van der Waals surface area contributed by atoms with E-state index in [9.17, 15) is 8.42 Å².